The average Bonchev–Trinajstić information content (AvgIpc) is 2.24. The fraction of sp³-hybridized carbons (Fsp3) is 0.357. The summed E-state index contributed by atoms with van der Waals surface area (Å²) >= 11 is 0. The maximum absolute atomic E-state index is 13.2. The lowest BCUT2D eigenvalue weighted by Crippen LogP contribution is -2.32. The second-order valence-electron chi connectivity index (χ2n) is 4.81. The minimum Gasteiger partial charge on any atom is -0.444 e. The van der Waals surface area contributed by atoms with Crippen LogP contribution in [0.3, 0.4) is 0 Å². The van der Waals surface area contributed by atoms with E-state index in [9.17, 15) is 9.18 Å². The van der Waals surface area contributed by atoms with Crippen LogP contribution in [0.15, 0.2) is 30.3 Å². The number of nitrogens with one attached hydrogen (secondary N) is 1. The largest absolute Gasteiger partial charge is 0.444 e. The van der Waals surface area contributed by atoms with Gasteiger partial charge in [-0.2, -0.15) is 0 Å². The molecule has 0 aliphatic rings. The first kappa shape index (κ1) is 14.2. The van der Waals surface area contributed by atoms with Crippen LogP contribution in [0.1, 0.15) is 26.3 Å². The van der Waals surface area contributed by atoms with E-state index in [1.807, 2.05) is 0 Å². The Bertz CT molecular complexity index is 436. The van der Waals surface area contributed by atoms with Crippen molar-refractivity contribution in [2.75, 3.05) is 6.54 Å². The van der Waals surface area contributed by atoms with E-state index in [-0.39, 0.29) is 5.82 Å². The van der Waals surface area contributed by atoms with Crippen molar-refractivity contribution in [2.24, 2.45) is 0 Å². The number of hydrogen-bond acceptors (Lipinski definition) is 2. The molecular weight excluding hydrogens is 233 g/mol. The number of halogens is 1. The Morgan fingerprint density at radius 2 is 2.06 bits per heavy atom. The van der Waals surface area contributed by atoms with Crippen LogP contribution in [-0.2, 0) is 4.74 Å². The zero-order valence-electron chi connectivity index (χ0n) is 10.9. The molecule has 0 radical (unpaired) electrons. The number of carbonyl (C=O) groups excluding carboxylic acids is 1. The summed E-state index contributed by atoms with van der Waals surface area (Å²) in [5, 5.41) is 2.56. The van der Waals surface area contributed by atoms with Crippen LogP contribution in [0.2, 0.25) is 0 Å². The van der Waals surface area contributed by atoms with Gasteiger partial charge in [0.1, 0.15) is 11.4 Å². The number of alkyl carbamates (subject to hydrolysis) is 1. The molecule has 18 heavy (non-hydrogen) atoms. The first-order valence-corrected chi connectivity index (χ1v) is 5.76. The van der Waals surface area contributed by atoms with E-state index in [0.29, 0.717) is 12.1 Å². The monoisotopic (exact) mass is 251 g/mol. The van der Waals surface area contributed by atoms with Gasteiger partial charge in [0.25, 0.3) is 0 Å². The molecule has 0 aromatic heterocycles. The average molecular weight is 251 g/mol. The van der Waals surface area contributed by atoms with Crippen molar-refractivity contribution < 1.29 is 13.9 Å². The molecule has 1 rings (SSSR count). The maximum atomic E-state index is 13.2. The van der Waals surface area contributed by atoms with Crippen molar-refractivity contribution in [1.82, 2.24) is 5.32 Å². The van der Waals surface area contributed by atoms with Gasteiger partial charge in [-0.05, 0) is 26.8 Å². The van der Waals surface area contributed by atoms with Gasteiger partial charge in [0.05, 0.1) is 0 Å². The first-order chi connectivity index (χ1) is 8.38. The molecule has 1 aromatic rings. The van der Waals surface area contributed by atoms with Gasteiger partial charge in [-0.25, -0.2) is 9.18 Å². The molecule has 0 spiro atoms. The smallest absolute Gasteiger partial charge is 0.407 e. The summed E-state index contributed by atoms with van der Waals surface area (Å²) in [6.07, 6.45) is 2.80. The second kappa shape index (κ2) is 6.19. The van der Waals surface area contributed by atoms with E-state index in [1.54, 1.807) is 51.1 Å². The number of carbonyl (C=O) groups is 1. The Kier molecular flexibility index (Phi) is 4.89. The van der Waals surface area contributed by atoms with Crippen molar-refractivity contribution in [3.8, 4) is 0 Å². The van der Waals surface area contributed by atoms with E-state index in [2.05, 4.69) is 5.32 Å². The van der Waals surface area contributed by atoms with Gasteiger partial charge in [-0.15, -0.1) is 0 Å². The quantitative estimate of drug-likeness (QED) is 0.894. The zero-order valence-corrected chi connectivity index (χ0v) is 10.9. The predicted octanol–water partition coefficient (Wildman–Crippen LogP) is 3.36. The van der Waals surface area contributed by atoms with Crippen LogP contribution < -0.4 is 5.32 Å². The zero-order chi connectivity index (χ0) is 13.6. The molecule has 4 heteroatoms. The molecule has 1 amide bonds. The van der Waals surface area contributed by atoms with Crippen LogP contribution in [0.4, 0.5) is 9.18 Å². The molecule has 0 atom stereocenters. The summed E-state index contributed by atoms with van der Waals surface area (Å²) in [6.45, 7) is 5.68. The molecular formula is C14H18FNO2. The lowest BCUT2D eigenvalue weighted by molar-refractivity contribution is 0.0534. The second-order valence-corrected chi connectivity index (χ2v) is 4.81. The normalized spacial score (nSPS) is 11.6. The highest BCUT2D eigenvalue weighted by Gasteiger charge is 2.14. The minimum atomic E-state index is -0.515. The molecule has 1 N–H and O–H groups in total. The van der Waals surface area contributed by atoms with Crippen molar-refractivity contribution in [2.45, 2.75) is 26.4 Å². The fourth-order valence-corrected chi connectivity index (χ4v) is 1.25. The number of hydrogen-bond donors (Lipinski definition) is 1. The Balaban J connectivity index is 2.38. The summed E-state index contributed by atoms with van der Waals surface area (Å²) in [6, 6.07) is 6.44. The number of amides is 1. The Morgan fingerprint density at radius 3 is 2.67 bits per heavy atom. The van der Waals surface area contributed by atoms with Crippen molar-refractivity contribution >= 4 is 12.2 Å². The van der Waals surface area contributed by atoms with E-state index < -0.39 is 11.7 Å². The van der Waals surface area contributed by atoms with Crippen molar-refractivity contribution in [1.29, 1.82) is 0 Å². The molecule has 0 saturated heterocycles. The number of benzene rings is 1. The minimum absolute atomic E-state index is 0.286. The summed E-state index contributed by atoms with van der Waals surface area (Å²) in [5.74, 6) is -0.286. The van der Waals surface area contributed by atoms with Gasteiger partial charge in [0, 0.05) is 12.1 Å². The first-order valence-electron chi connectivity index (χ1n) is 5.76. The fourth-order valence-electron chi connectivity index (χ4n) is 1.25. The number of rotatable bonds is 3. The summed E-state index contributed by atoms with van der Waals surface area (Å²) in [7, 11) is 0. The van der Waals surface area contributed by atoms with Crippen LogP contribution in [0.25, 0.3) is 6.08 Å². The lowest BCUT2D eigenvalue weighted by Gasteiger charge is -2.19. The van der Waals surface area contributed by atoms with E-state index >= 15 is 0 Å². The molecule has 0 unspecified atom stereocenters. The molecule has 0 bridgehead atoms. The van der Waals surface area contributed by atoms with Crippen LogP contribution in [0, 0.1) is 5.82 Å². The highest BCUT2D eigenvalue weighted by atomic mass is 19.1. The summed E-state index contributed by atoms with van der Waals surface area (Å²) < 4.78 is 18.3. The SMILES string of the molecule is CC(C)(C)OC(=O)NC/C=C/c1ccccc1F. The topological polar surface area (TPSA) is 38.3 Å². The Morgan fingerprint density at radius 1 is 1.39 bits per heavy atom. The third-order valence-corrected chi connectivity index (χ3v) is 1.97. The third kappa shape index (κ3) is 5.48. The highest BCUT2D eigenvalue weighted by Crippen LogP contribution is 2.08. The van der Waals surface area contributed by atoms with E-state index in [0.717, 1.165) is 0 Å². The van der Waals surface area contributed by atoms with E-state index in [4.69, 9.17) is 4.74 Å². The highest BCUT2D eigenvalue weighted by molar-refractivity contribution is 5.68. The van der Waals surface area contributed by atoms with Gasteiger partial charge < -0.3 is 10.1 Å². The standard InChI is InChI=1S/C14H18FNO2/c1-14(2,3)18-13(17)16-10-6-8-11-7-4-5-9-12(11)15/h4-9H,10H2,1-3H3,(H,16,17)/b8-6+. The molecule has 0 aliphatic carbocycles. The van der Waals surface area contributed by atoms with Gasteiger partial charge in [0.2, 0.25) is 0 Å². The molecule has 3 nitrogen and oxygen atoms in total. The Labute approximate surface area is 107 Å². The van der Waals surface area contributed by atoms with Crippen LogP contribution >= 0.6 is 0 Å². The Hall–Kier alpha value is -1.84. The van der Waals surface area contributed by atoms with Crippen molar-refractivity contribution in [3.63, 3.8) is 0 Å². The summed E-state index contributed by atoms with van der Waals surface area (Å²) in [5.41, 5.74) is -0.0252. The predicted molar refractivity (Wildman–Crippen MR) is 69.7 cm³/mol. The van der Waals surface area contributed by atoms with Gasteiger partial charge >= 0.3 is 6.09 Å². The van der Waals surface area contributed by atoms with Crippen LogP contribution in [-0.4, -0.2) is 18.2 Å². The van der Waals surface area contributed by atoms with Crippen molar-refractivity contribution in [3.05, 3.63) is 41.7 Å². The van der Waals surface area contributed by atoms with Crippen LogP contribution in [0.5, 0.6) is 0 Å². The molecule has 1 aromatic carbocycles. The maximum Gasteiger partial charge on any atom is 0.407 e. The lowest BCUT2D eigenvalue weighted by atomic mass is 10.2. The van der Waals surface area contributed by atoms with Gasteiger partial charge in [0.15, 0.2) is 0 Å². The molecule has 0 fully saturated rings. The third-order valence-electron chi connectivity index (χ3n) is 1.97. The molecule has 98 valence electrons. The number of ether oxygens (including phenoxy) is 1. The van der Waals surface area contributed by atoms with Gasteiger partial charge in [-0.1, -0.05) is 30.4 Å². The molecule has 0 heterocycles. The summed E-state index contributed by atoms with van der Waals surface area (Å²) in [4.78, 5) is 11.3. The molecule has 0 saturated carbocycles. The van der Waals surface area contributed by atoms with E-state index in [1.165, 1.54) is 6.07 Å². The molecule has 0 aliphatic heterocycles. The van der Waals surface area contributed by atoms with Gasteiger partial charge in [-0.3, -0.25) is 0 Å².